The molecule has 20 heavy (non-hydrogen) atoms. The summed E-state index contributed by atoms with van der Waals surface area (Å²) < 4.78 is 5.02. The van der Waals surface area contributed by atoms with E-state index in [0.717, 1.165) is 16.8 Å². The van der Waals surface area contributed by atoms with Crippen LogP contribution in [0, 0.1) is 0 Å². The van der Waals surface area contributed by atoms with E-state index in [1.54, 1.807) is 18.7 Å². The number of rotatable bonds is 3. The standard InChI is InChI=1S/C15H19N3O2/c1-15(2,3)18-14(19)17-9-11-4-5-13(16-8-11)12-6-7-20-10-12/h4-8,10H,9H2,1-3H3,(H2,17,18,19). The molecule has 0 aliphatic heterocycles. The van der Waals surface area contributed by atoms with Crippen molar-refractivity contribution in [1.29, 1.82) is 0 Å². The zero-order valence-electron chi connectivity index (χ0n) is 11.9. The Kier molecular flexibility index (Phi) is 4.08. The van der Waals surface area contributed by atoms with Crippen LogP contribution in [-0.2, 0) is 6.54 Å². The Labute approximate surface area is 118 Å². The Balaban J connectivity index is 1.90. The zero-order chi connectivity index (χ0) is 14.6. The third-order valence-electron chi connectivity index (χ3n) is 2.58. The van der Waals surface area contributed by atoms with Crippen LogP contribution >= 0.6 is 0 Å². The van der Waals surface area contributed by atoms with Crippen LogP contribution in [0.2, 0.25) is 0 Å². The number of nitrogens with zero attached hydrogens (tertiary/aromatic N) is 1. The van der Waals surface area contributed by atoms with E-state index in [4.69, 9.17) is 4.42 Å². The number of urea groups is 1. The maximum absolute atomic E-state index is 11.6. The number of furan rings is 1. The number of hydrogen-bond acceptors (Lipinski definition) is 3. The minimum absolute atomic E-state index is 0.184. The molecule has 0 aromatic carbocycles. The van der Waals surface area contributed by atoms with Gasteiger partial charge in [-0.3, -0.25) is 4.98 Å². The van der Waals surface area contributed by atoms with E-state index in [0.29, 0.717) is 6.54 Å². The van der Waals surface area contributed by atoms with Gasteiger partial charge >= 0.3 is 6.03 Å². The van der Waals surface area contributed by atoms with Crippen molar-refractivity contribution in [2.24, 2.45) is 0 Å². The lowest BCUT2D eigenvalue weighted by Gasteiger charge is -2.20. The summed E-state index contributed by atoms with van der Waals surface area (Å²) in [6, 6.07) is 5.52. The Morgan fingerprint density at radius 3 is 2.65 bits per heavy atom. The van der Waals surface area contributed by atoms with Gasteiger partial charge in [-0.25, -0.2) is 4.79 Å². The second-order valence-corrected chi connectivity index (χ2v) is 5.62. The lowest BCUT2D eigenvalue weighted by Crippen LogP contribution is -2.46. The molecule has 106 valence electrons. The quantitative estimate of drug-likeness (QED) is 0.903. The average molecular weight is 273 g/mol. The first-order valence-corrected chi connectivity index (χ1v) is 6.47. The number of amides is 2. The second-order valence-electron chi connectivity index (χ2n) is 5.62. The van der Waals surface area contributed by atoms with Crippen LogP contribution in [0.5, 0.6) is 0 Å². The van der Waals surface area contributed by atoms with Crippen molar-refractivity contribution < 1.29 is 9.21 Å². The highest BCUT2D eigenvalue weighted by Gasteiger charge is 2.12. The fourth-order valence-corrected chi connectivity index (χ4v) is 1.68. The largest absolute Gasteiger partial charge is 0.472 e. The first-order valence-electron chi connectivity index (χ1n) is 6.47. The fraction of sp³-hybridized carbons (Fsp3) is 0.333. The number of hydrogen-bond donors (Lipinski definition) is 2. The third kappa shape index (κ3) is 4.12. The number of pyridine rings is 1. The van der Waals surface area contributed by atoms with Gasteiger partial charge in [0.1, 0.15) is 0 Å². The van der Waals surface area contributed by atoms with Crippen molar-refractivity contribution >= 4 is 6.03 Å². The predicted octanol–water partition coefficient (Wildman–Crippen LogP) is 2.94. The van der Waals surface area contributed by atoms with Crippen LogP contribution in [0.1, 0.15) is 26.3 Å². The first-order chi connectivity index (χ1) is 9.44. The maximum atomic E-state index is 11.6. The fourth-order valence-electron chi connectivity index (χ4n) is 1.68. The van der Waals surface area contributed by atoms with Gasteiger partial charge in [-0.1, -0.05) is 6.07 Å². The molecule has 0 saturated heterocycles. The third-order valence-corrected chi connectivity index (χ3v) is 2.58. The molecule has 0 unspecified atom stereocenters. The predicted molar refractivity (Wildman–Crippen MR) is 77.1 cm³/mol. The van der Waals surface area contributed by atoms with Crippen LogP contribution in [0.25, 0.3) is 11.3 Å². The highest BCUT2D eigenvalue weighted by Crippen LogP contribution is 2.16. The molecular formula is C15H19N3O2. The smallest absolute Gasteiger partial charge is 0.315 e. The minimum atomic E-state index is -0.243. The lowest BCUT2D eigenvalue weighted by atomic mass is 10.1. The Morgan fingerprint density at radius 2 is 2.10 bits per heavy atom. The molecule has 2 amide bonds. The van der Waals surface area contributed by atoms with Crippen LogP contribution in [0.3, 0.4) is 0 Å². The summed E-state index contributed by atoms with van der Waals surface area (Å²) >= 11 is 0. The summed E-state index contributed by atoms with van der Waals surface area (Å²) in [6.07, 6.45) is 5.01. The van der Waals surface area contributed by atoms with E-state index >= 15 is 0 Å². The number of carbonyl (C=O) groups excluding carboxylic acids is 1. The van der Waals surface area contributed by atoms with E-state index in [9.17, 15) is 4.79 Å². The molecule has 5 heteroatoms. The molecule has 0 bridgehead atoms. The lowest BCUT2D eigenvalue weighted by molar-refractivity contribution is 0.231. The van der Waals surface area contributed by atoms with Crippen LogP contribution in [0.15, 0.2) is 41.3 Å². The van der Waals surface area contributed by atoms with Gasteiger partial charge in [0.05, 0.1) is 18.2 Å². The molecule has 2 heterocycles. The SMILES string of the molecule is CC(C)(C)NC(=O)NCc1ccc(-c2ccoc2)nc1. The van der Waals surface area contributed by atoms with Crippen molar-refractivity contribution in [3.63, 3.8) is 0 Å². The van der Waals surface area contributed by atoms with Crippen molar-refractivity contribution in [1.82, 2.24) is 15.6 Å². The molecule has 0 fully saturated rings. The number of nitrogens with one attached hydrogen (secondary N) is 2. The molecule has 0 spiro atoms. The average Bonchev–Trinajstić information content (AvgIpc) is 2.89. The highest BCUT2D eigenvalue weighted by molar-refractivity contribution is 5.74. The van der Waals surface area contributed by atoms with Gasteiger partial charge in [-0.05, 0) is 38.5 Å². The first kappa shape index (κ1) is 14.1. The highest BCUT2D eigenvalue weighted by atomic mass is 16.3. The van der Waals surface area contributed by atoms with Gasteiger partial charge in [-0.2, -0.15) is 0 Å². The molecule has 2 aromatic rings. The normalized spacial score (nSPS) is 11.2. The monoisotopic (exact) mass is 273 g/mol. The molecule has 0 atom stereocenters. The molecule has 5 nitrogen and oxygen atoms in total. The number of carbonyl (C=O) groups is 1. The van der Waals surface area contributed by atoms with Crippen LogP contribution in [-0.4, -0.2) is 16.6 Å². The van der Waals surface area contributed by atoms with Gasteiger partial charge in [-0.15, -0.1) is 0 Å². The molecule has 0 aliphatic rings. The minimum Gasteiger partial charge on any atom is -0.472 e. The Bertz CT molecular complexity index is 554. The molecule has 0 radical (unpaired) electrons. The van der Waals surface area contributed by atoms with E-state index in [1.165, 1.54) is 0 Å². The molecular weight excluding hydrogens is 254 g/mol. The summed E-state index contributed by atoms with van der Waals surface area (Å²) in [5.41, 5.74) is 2.49. The van der Waals surface area contributed by atoms with Gasteiger partial charge in [0, 0.05) is 23.8 Å². The second kappa shape index (κ2) is 5.77. The number of aromatic nitrogens is 1. The molecule has 2 aromatic heterocycles. The van der Waals surface area contributed by atoms with Crippen molar-refractivity contribution in [3.8, 4) is 11.3 Å². The van der Waals surface area contributed by atoms with Gasteiger partial charge in [0.15, 0.2) is 0 Å². The molecule has 0 saturated carbocycles. The molecule has 2 N–H and O–H groups in total. The summed E-state index contributed by atoms with van der Waals surface area (Å²) in [5.74, 6) is 0. The van der Waals surface area contributed by atoms with Crippen LogP contribution in [0.4, 0.5) is 4.79 Å². The summed E-state index contributed by atoms with van der Waals surface area (Å²) in [5, 5.41) is 5.64. The molecule has 2 rings (SSSR count). The van der Waals surface area contributed by atoms with Gasteiger partial charge < -0.3 is 15.1 Å². The van der Waals surface area contributed by atoms with Crippen LogP contribution < -0.4 is 10.6 Å². The van der Waals surface area contributed by atoms with Gasteiger partial charge in [0.2, 0.25) is 0 Å². The van der Waals surface area contributed by atoms with Gasteiger partial charge in [0.25, 0.3) is 0 Å². The van der Waals surface area contributed by atoms with E-state index < -0.39 is 0 Å². The molecule has 0 aliphatic carbocycles. The summed E-state index contributed by atoms with van der Waals surface area (Å²) in [6.45, 7) is 6.26. The topological polar surface area (TPSA) is 67.2 Å². The Morgan fingerprint density at radius 1 is 1.30 bits per heavy atom. The van der Waals surface area contributed by atoms with Crippen molar-refractivity contribution in [2.75, 3.05) is 0 Å². The summed E-state index contributed by atoms with van der Waals surface area (Å²) in [4.78, 5) is 16.0. The van der Waals surface area contributed by atoms with E-state index in [-0.39, 0.29) is 11.6 Å². The van der Waals surface area contributed by atoms with Crippen molar-refractivity contribution in [3.05, 3.63) is 42.5 Å². The van der Waals surface area contributed by atoms with Crippen molar-refractivity contribution in [2.45, 2.75) is 32.9 Å². The Hall–Kier alpha value is -2.30. The van der Waals surface area contributed by atoms with E-state index in [1.807, 2.05) is 39.0 Å². The van der Waals surface area contributed by atoms with E-state index in [2.05, 4.69) is 15.6 Å². The summed E-state index contributed by atoms with van der Waals surface area (Å²) in [7, 11) is 0. The maximum Gasteiger partial charge on any atom is 0.315 e. The zero-order valence-corrected chi connectivity index (χ0v) is 11.9.